The molecule has 0 amide bonds. The van der Waals surface area contributed by atoms with Crippen molar-refractivity contribution in [3.8, 4) is 0 Å². The third-order valence-corrected chi connectivity index (χ3v) is 5.11. The van der Waals surface area contributed by atoms with E-state index in [0.717, 1.165) is 44.1 Å². The van der Waals surface area contributed by atoms with Crippen molar-refractivity contribution in [2.45, 2.75) is 32.4 Å². The number of nitrogens with zero attached hydrogens (tertiary/aromatic N) is 4. The van der Waals surface area contributed by atoms with Gasteiger partial charge in [0, 0.05) is 45.4 Å². The summed E-state index contributed by atoms with van der Waals surface area (Å²) in [7, 11) is 2.06. The highest BCUT2D eigenvalue weighted by atomic mass is 16.5. The molecule has 3 aromatic rings. The molecule has 1 atom stereocenters. The first-order valence-electron chi connectivity index (χ1n) is 8.93. The van der Waals surface area contributed by atoms with Crippen LogP contribution in [0.1, 0.15) is 36.0 Å². The number of rotatable bonds is 5. The fraction of sp³-hybridized carbons (Fsp3) is 0.474. The molecule has 6 nitrogen and oxygen atoms in total. The molecule has 1 aliphatic rings. The zero-order valence-electron chi connectivity index (χ0n) is 14.9. The molecule has 4 rings (SSSR count). The molecule has 25 heavy (non-hydrogen) atoms. The Bertz CT molecular complexity index is 846. The van der Waals surface area contributed by atoms with Crippen LogP contribution in [0.4, 0.5) is 0 Å². The predicted octanol–water partition coefficient (Wildman–Crippen LogP) is 2.63. The number of imidazole rings is 2. The zero-order chi connectivity index (χ0) is 17.2. The maximum Gasteiger partial charge on any atom is 0.136 e. The molecule has 3 aromatic heterocycles. The summed E-state index contributed by atoms with van der Waals surface area (Å²) in [4.78, 5) is 9.12. The van der Waals surface area contributed by atoms with Crippen LogP contribution in [0.2, 0.25) is 0 Å². The number of ether oxygens (including phenoxy) is 1. The number of hydrogen-bond donors (Lipinski definition) is 1. The van der Waals surface area contributed by atoms with E-state index < -0.39 is 0 Å². The Morgan fingerprint density at radius 1 is 1.28 bits per heavy atom. The van der Waals surface area contributed by atoms with E-state index in [0.29, 0.717) is 5.92 Å². The lowest BCUT2D eigenvalue weighted by Crippen LogP contribution is -2.33. The Hall–Kier alpha value is -2.18. The van der Waals surface area contributed by atoms with E-state index in [2.05, 4.69) is 56.6 Å². The molecular weight excluding hydrogens is 314 g/mol. The summed E-state index contributed by atoms with van der Waals surface area (Å²) in [6.07, 6.45) is 10.1. The molecule has 0 aliphatic carbocycles. The van der Waals surface area contributed by atoms with Crippen molar-refractivity contribution in [1.29, 1.82) is 0 Å². The summed E-state index contributed by atoms with van der Waals surface area (Å²) >= 11 is 0. The Labute approximate surface area is 147 Å². The molecule has 1 fully saturated rings. The molecule has 1 saturated heterocycles. The molecule has 1 N–H and O–H groups in total. The molecule has 0 bridgehead atoms. The summed E-state index contributed by atoms with van der Waals surface area (Å²) in [5.41, 5.74) is 3.39. The molecule has 0 radical (unpaired) electrons. The van der Waals surface area contributed by atoms with Gasteiger partial charge in [-0.15, -0.1) is 0 Å². The second-order valence-electron chi connectivity index (χ2n) is 6.89. The van der Waals surface area contributed by atoms with E-state index in [1.165, 1.54) is 11.3 Å². The van der Waals surface area contributed by atoms with Gasteiger partial charge in [-0.05, 0) is 37.3 Å². The van der Waals surface area contributed by atoms with Crippen LogP contribution < -0.4 is 5.32 Å². The van der Waals surface area contributed by atoms with Gasteiger partial charge in [-0.25, -0.2) is 9.97 Å². The van der Waals surface area contributed by atoms with Gasteiger partial charge >= 0.3 is 0 Å². The van der Waals surface area contributed by atoms with Crippen LogP contribution in [-0.4, -0.2) is 32.1 Å². The number of aromatic nitrogens is 4. The van der Waals surface area contributed by atoms with Crippen LogP contribution in [0, 0.1) is 12.8 Å². The SMILES string of the molecule is Cc1ccc2ncc(CN[C@H](c3nccn3C)C3CCOCC3)n2c1. The highest BCUT2D eigenvalue weighted by Gasteiger charge is 2.28. The maximum absolute atomic E-state index is 5.55. The van der Waals surface area contributed by atoms with E-state index in [-0.39, 0.29) is 6.04 Å². The minimum Gasteiger partial charge on any atom is -0.381 e. The van der Waals surface area contributed by atoms with Crippen molar-refractivity contribution >= 4 is 5.65 Å². The van der Waals surface area contributed by atoms with Gasteiger partial charge in [0.2, 0.25) is 0 Å². The van der Waals surface area contributed by atoms with Crippen molar-refractivity contribution in [1.82, 2.24) is 24.3 Å². The Kier molecular flexibility index (Phi) is 4.55. The Balaban J connectivity index is 1.57. The second kappa shape index (κ2) is 6.98. The van der Waals surface area contributed by atoms with E-state index in [1.54, 1.807) is 0 Å². The number of fused-ring (bicyclic) bond motifs is 1. The van der Waals surface area contributed by atoms with E-state index in [9.17, 15) is 0 Å². The smallest absolute Gasteiger partial charge is 0.136 e. The molecule has 0 spiro atoms. The molecule has 1 aliphatic heterocycles. The van der Waals surface area contributed by atoms with Crippen LogP contribution >= 0.6 is 0 Å². The monoisotopic (exact) mass is 339 g/mol. The summed E-state index contributed by atoms with van der Waals surface area (Å²) in [6, 6.07) is 4.38. The van der Waals surface area contributed by atoms with Crippen LogP contribution in [0.3, 0.4) is 0 Å². The van der Waals surface area contributed by atoms with Gasteiger partial charge in [-0.1, -0.05) is 6.07 Å². The van der Waals surface area contributed by atoms with Crippen molar-refractivity contribution < 1.29 is 4.74 Å². The predicted molar refractivity (Wildman–Crippen MR) is 96.3 cm³/mol. The van der Waals surface area contributed by atoms with Gasteiger partial charge < -0.3 is 19.0 Å². The lowest BCUT2D eigenvalue weighted by Gasteiger charge is -2.30. The Morgan fingerprint density at radius 2 is 2.12 bits per heavy atom. The normalized spacial score (nSPS) is 17.2. The van der Waals surface area contributed by atoms with Gasteiger partial charge in [0.25, 0.3) is 0 Å². The van der Waals surface area contributed by atoms with Crippen molar-refractivity contribution in [3.63, 3.8) is 0 Å². The van der Waals surface area contributed by atoms with Gasteiger partial charge in [0.1, 0.15) is 11.5 Å². The average molecular weight is 339 g/mol. The van der Waals surface area contributed by atoms with Gasteiger partial charge in [-0.2, -0.15) is 0 Å². The van der Waals surface area contributed by atoms with Gasteiger partial charge in [0.15, 0.2) is 0 Å². The largest absolute Gasteiger partial charge is 0.381 e. The molecule has 4 heterocycles. The number of aryl methyl sites for hydroxylation is 2. The molecule has 0 unspecified atom stereocenters. The van der Waals surface area contributed by atoms with Gasteiger partial charge in [0.05, 0.1) is 17.9 Å². The lowest BCUT2D eigenvalue weighted by molar-refractivity contribution is 0.0517. The third kappa shape index (κ3) is 3.32. The van der Waals surface area contributed by atoms with Crippen molar-refractivity contribution in [2.24, 2.45) is 13.0 Å². The van der Waals surface area contributed by atoms with Gasteiger partial charge in [-0.3, -0.25) is 0 Å². The summed E-state index contributed by atoms with van der Waals surface area (Å²) < 4.78 is 9.83. The average Bonchev–Trinajstić information content (AvgIpc) is 3.23. The Morgan fingerprint density at radius 3 is 2.88 bits per heavy atom. The molecule has 132 valence electrons. The lowest BCUT2D eigenvalue weighted by atomic mass is 9.91. The summed E-state index contributed by atoms with van der Waals surface area (Å²) in [5.74, 6) is 1.63. The summed E-state index contributed by atoms with van der Waals surface area (Å²) in [6.45, 7) is 4.54. The number of hydrogen-bond acceptors (Lipinski definition) is 4. The molecule has 0 saturated carbocycles. The molecule has 6 heteroatoms. The van der Waals surface area contributed by atoms with E-state index in [4.69, 9.17) is 4.74 Å². The minimum absolute atomic E-state index is 0.222. The summed E-state index contributed by atoms with van der Waals surface area (Å²) in [5, 5.41) is 3.75. The second-order valence-corrected chi connectivity index (χ2v) is 6.89. The number of pyridine rings is 1. The molecular formula is C19H25N5O. The fourth-order valence-corrected chi connectivity index (χ4v) is 3.68. The van der Waals surface area contributed by atoms with Crippen LogP contribution in [0.25, 0.3) is 5.65 Å². The highest BCUT2D eigenvalue weighted by Crippen LogP contribution is 2.29. The number of nitrogens with one attached hydrogen (secondary N) is 1. The van der Waals surface area contributed by atoms with E-state index in [1.807, 2.05) is 18.6 Å². The topological polar surface area (TPSA) is 56.4 Å². The molecule has 0 aromatic carbocycles. The first kappa shape index (κ1) is 16.3. The quantitative estimate of drug-likeness (QED) is 0.776. The van der Waals surface area contributed by atoms with Crippen LogP contribution in [0.15, 0.2) is 36.9 Å². The van der Waals surface area contributed by atoms with Crippen LogP contribution in [-0.2, 0) is 18.3 Å². The van der Waals surface area contributed by atoms with Crippen LogP contribution in [0.5, 0.6) is 0 Å². The highest BCUT2D eigenvalue weighted by molar-refractivity contribution is 5.41. The first-order valence-corrected chi connectivity index (χ1v) is 8.93. The third-order valence-electron chi connectivity index (χ3n) is 5.11. The van der Waals surface area contributed by atoms with Crippen molar-refractivity contribution in [3.05, 3.63) is 54.0 Å². The zero-order valence-corrected chi connectivity index (χ0v) is 14.9. The van der Waals surface area contributed by atoms with E-state index >= 15 is 0 Å². The minimum atomic E-state index is 0.222. The van der Waals surface area contributed by atoms with Crippen molar-refractivity contribution in [2.75, 3.05) is 13.2 Å². The maximum atomic E-state index is 5.55. The standard InChI is InChI=1S/C19H25N5O/c1-14-3-4-17-21-11-16(24(17)13-14)12-22-18(15-5-9-25-10-6-15)19-20-7-8-23(19)2/h3-4,7-8,11,13,15,18,22H,5-6,9-10,12H2,1-2H3/t18-/m0/s1. The fourth-order valence-electron chi connectivity index (χ4n) is 3.68. The first-order chi connectivity index (χ1) is 12.2.